The molecule has 8 aromatic rings. The molecule has 0 amide bonds. The second-order valence-electron chi connectivity index (χ2n) is 13.4. The summed E-state index contributed by atoms with van der Waals surface area (Å²) in [5.41, 5.74) is 13.8. The SMILES string of the molecule is C=C1CC(c2cc(-c3cccc(-c4c(-c5ccccc5)nc5ccccn45)c3)cc(-c3cc4ccccc4c4ccccc34)c2)=CC=CC1C. The Balaban J connectivity index is 1.27. The van der Waals surface area contributed by atoms with Crippen molar-refractivity contribution in [3.8, 4) is 44.8 Å². The summed E-state index contributed by atoms with van der Waals surface area (Å²) in [6.07, 6.45) is 9.68. The second-order valence-corrected chi connectivity index (χ2v) is 13.4. The van der Waals surface area contributed by atoms with Gasteiger partial charge in [0.15, 0.2) is 0 Å². The summed E-state index contributed by atoms with van der Waals surface area (Å²) in [7, 11) is 0. The zero-order valence-electron chi connectivity index (χ0n) is 28.1. The predicted molar refractivity (Wildman–Crippen MR) is 212 cm³/mol. The molecule has 1 atom stereocenters. The molecule has 0 saturated carbocycles. The summed E-state index contributed by atoms with van der Waals surface area (Å²) in [5, 5.41) is 5.05. The molecule has 2 nitrogen and oxygen atoms in total. The summed E-state index contributed by atoms with van der Waals surface area (Å²) >= 11 is 0. The van der Waals surface area contributed by atoms with E-state index in [0.29, 0.717) is 5.92 Å². The van der Waals surface area contributed by atoms with E-state index in [2.05, 4.69) is 182 Å². The highest BCUT2D eigenvalue weighted by Gasteiger charge is 2.18. The minimum atomic E-state index is 0.344. The van der Waals surface area contributed by atoms with Crippen molar-refractivity contribution < 1.29 is 0 Å². The number of imidazole rings is 1. The molecule has 50 heavy (non-hydrogen) atoms. The van der Waals surface area contributed by atoms with Crippen LogP contribution in [0.4, 0.5) is 0 Å². The first kappa shape index (κ1) is 29.9. The Kier molecular flexibility index (Phi) is 7.36. The molecule has 0 bridgehead atoms. The van der Waals surface area contributed by atoms with Gasteiger partial charge in [-0.05, 0) is 110 Å². The van der Waals surface area contributed by atoms with Crippen LogP contribution in [0.1, 0.15) is 18.9 Å². The fourth-order valence-electron chi connectivity index (χ4n) is 7.48. The second kappa shape index (κ2) is 12.3. The van der Waals surface area contributed by atoms with E-state index in [1.54, 1.807) is 0 Å². The Morgan fingerprint density at radius 1 is 0.600 bits per heavy atom. The Labute approximate surface area is 293 Å². The maximum absolute atomic E-state index is 5.11. The highest BCUT2D eigenvalue weighted by molar-refractivity contribution is 6.14. The number of fused-ring (bicyclic) bond motifs is 4. The van der Waals surface area contributed by atoms with Gasteiger partial charge in [0, 0.05) is 17.3 Å². The minimum absolute atomic E-state index is 0.344. The smallest absolute Gasteiger partial charge is 0.137 e. The number of hydrogen-bond acceptors (Lipinski definition) is 1. The number of nitrogens with zero attached hydrogens (tertiary/aromatic N) is 2. The lowest BCUT2D eigenvalue weighted by atomic mass is 9.87. The van der Waals surface area contributed by atoms with E-state index in [9.17, 15) is 0 Å². The monoisotopic (exact) mass is 640 g/mol. The van der Waals surface area contributed by atoms with E-state index in [-0.39, 0.29) is 0 Å². The topological polar surface area (TPSA) is 17.3 Å². The molecule has 1 aliphatic carbocycles. The first-order valence-electron chi connectivity index (χ1n) is 17.4. The maximum Gasteiger partial charge on any atom is 0.137 e. The molecule has 6 aromatic carbocycles. The minimum Gasteiger partial charge on any atom is -0.299 e. The summed E-state index contributed by atoms with van der Waals surface area (Å²) in [5.74, 6) is 0.344. The highest BCUT2D eigenvalue weighted by Crippen LogP contribution is 2.41. The molecule has 0 radical (unpaired) electrons. The van der Waals surface area contributed by atoms with Crippen LogP contribution in [0.2, 0.25) is 0 Å². The van der Waals surface area contributed by atoms with Crippen LogP contribution in [0.3, 0.4) is 0 Å². The molecule has 238 valence electrons. The molecule has 0 saturated heterocycles. The van der Waals surface area contributed by atoms with Crippen molar-refractivity contribution in [2.24, 2.45) is 5.92 Å². The maximum atomic E-state index is 5.11. The first-order chi connectivity index (χ1) is 24.6. The number of hydrogen-bond donors (Lipinski definition) is 0. The van der Waals surface area contributed by atoms with Gasteiger partial charge in [0.05, 0.1) is 11.4 Å². The van der Waals surface area contributed by atoms with E-state index in [1.807, 2.05) is 6.07 Å². The highest BCUT2D eigenvalue weighted by atomic mass is 15.0. The molecule has 0 spiro atoms. The Hall–Kier alpha value is -6.25. The lowest BCUT2D eigenvalue weighted by Gasteiger charge is -2.17. The number of aromatic nitrogens is 2. The third kappa shape index (κ3) is 5.27. The van der Waals surface area contributed by atoms with Gasteiger partial charge in [0.2, 0.25) is 0 Å². The van der Waals surface area contributed by atoms with Crippen LogP contribution in [0.25, 0.3) is 77.5 Å². The lowest BCUT2D eigenvalue weighted by molar-refractivity contribution is 0.847. The van der Waals surface area contributed by atoms with Crippen molar-refractivity contribution in [1.29, 1.82) is 0 Å². The van der Waals surface area contributed by atoms with Gasteiger partial charge in [-0.3, -0.25) is 4.40 Å². The van der Waals surface area contributed by atoms with Gasteiger partial charge in [0.25, 0.3) is 0 Å². The van der Waals surface area contributed by atoms with Crippen molar-refractivity contribution in [1.82, 2.24) is 9.38 Å². The van der Waals surface area contributed by atoms with Crippen molar-refractivity contribution in [3.63, 3.8) is 0 Å². The van der Waals surface area contributed by atoms with Gasteiger partial charge >= 0.3 is 0 Å². The molecule has 1 unspecified atom stereocenters. The van der Waals surface area contributed by atoms with Crippen molar-refractivity contribution in [2.75, 3.05) is 0 Å². The average molecular weight is 641 g/mol. The van der Waals surface area contributed by atoms with Crippen molar-refractivity contribution in [2.45, 2.75) is 13.3 Å². The normalized spacial score (nSPS) is 14.7. The fraction of sp³-hybridized carbons (Fsp3) is 0.0625. The number of pyridine rings is 1. The number of allylic oxidation sites excluding steroid dienone is 5. The predicted octanol–water partition coefficient (Wildman–Crippen LogP) is 12.8. The zero-order chi connectivity index (χ0) is 33.6. The van der Waals surface area contributed by atoms with Crippen molar-refractivity contribution in [3.05, 3.63) is 188 Å². The van der Waals surface area contributed by atoms with Crippen LogP contribution in [0.5, 0.6) is 0 Å². The van der Waals surface area contributed by atoms with E-state index < -0.39 is 0 Å². The van der Waals surface area contributed by atoms with Crippen LogP contribution >= 0.6 is 0 Å². The fourth-order valence-corrected chi connectivity index (χ4v) is 7.48. The Morgan fingerprint density at radius 2 is 1.28 bits per heavy atom. The summed E-state index contributed by atoms with van der Waals surface area (Å²) in [6, 6.07) is 52.6. The van der Waals surface area contributed by atoms with Crippen molar-refractivity contribution >= 4 is 32.8 Å². The summed E-state index contributed by atoms with van der Waals surface area (Å²) in [6.45, 7) is 6.70. The quantitative estimate of drug-likeness (QED) is 0.135. The molecule has 1 aliphatic rings. The van der Waals surface area contributed by atoms with E-state index >= 15 is 0 Å². The van der Waals surface area contributed by atoms with Gasteiger partial charge in [-0.15, -0.1) is 0 Å². The van der Waals surface area contributed by atoms with E-state index in [0.717, 1.165) is 40.1 Å². The van der Waals surface area contributed by atoms with Gasteiger partial charge in [-0.2, -0.15) is 0 Å². The Bertz CT molecular complexity index is 2650. The molecule has 0 fully saturated rings. The largest absolute Gasteiger partial charge is 0.299 e. The molecule has 9 rings (SSSR count). The van der Waals surface area contributed by atoms with E-state index in [4.69, 9.17) is 4.98 Å². The number of rotatable bonds is 5. The van der Waals surface area contributed by atoms with Gasteiger partial charge < -0.3 is 0 Å². The van der Waals surface area contributed by atoms with Gasteiger partial charge in [0.1, 0.15) is 5.65 Å². The average Bonchev–Trinajstić information content (AvgIpc) is 3.48. The van der Waals surface area contributed by atoms with Gasteiger partial charge in [-0.25, -0.2) is 4.98 Å². The van der Waals surface area contributed by atoms with Crippen LogP contribution in [-0.4, -0.2) is 9.38 Å². The molecule has 2 heteroatoms. The molecule has 0 aliphatic heterocycles. The van der Waals surface area contributed by atoms with Crippen LogP contribution < -0.4 is 0 Å². The standard InChI is InChI=1S/C48H36N2/c1-32-14-12-18-35(26-33(32)2)39-28-40(30-41(29-39)45-31-37-17-6-7-21-42(37)43-22-8-9-23-44(43)45)36-19-13-20-38(27-36)48-47(34-15-4-3-5-16-34)49-46-24-10-11-25-50(46)48/h3-25,27-32H,2,26H2,1H3. The van der Waals surface area contributed by atoms with Gasteiger partial charge in [-0.1, -0.05) is 140 Å². The molecular formula is C48H36N2. The third-order valence-electron chi connectivity index (χ3n) is 10.2. The first-order valence-corrected chi connectivity index (χ1v) is 17.4. The van der Waals surface area contributed by atoms with Crippen LogP contribution in [-0.2, 0) is 0 Å². The summed E-state index contributed by atoms with van der Waals surface area (Å²) in [4.78, 5) is 5.11. The molecule has 2 heterocycles. The Morgan fingerprint density at radius 3 is 2.16 bits per heavy atom. The summed E-state index contributed by atoms with van der Waals surface area (Å²) < 4.78 is 2.21. The number of benzene rings is 6. The third-order valence-corrected chi connectivity index (χ3v) is 10.2. The van der Waals surface area contributed by atoms with Crippen LogP contribution in [0.15, 0.2) is 182 Å². The lowest BCUT2D eigenvalue weighted by Crippen LogP contribution is -1.96. The van der Waals surface area contributed by atoms with E-state index in [1.165, 1.54) is 54.9 Å². The molecular weight excluding hydrogens is 605 g/mol. The molecule has 2 aromatic heterocycles. The zero-order valence-corrected chi connectivity index (χ0v) is 28.1. The van der Waals surface area contributed by atoms with Crippen LogP contribution in [0, 0.1) is 5.92 Å². The molecule has 0 N–H and O–H groups in total.